The molecule has 0 unspecified atom stereocenters. The highest BCUT2D eigenvalue weighted by molar-refractivity contribution is 6.31. The van der Waals surface area contributed by atoms with Gasteiger partial charge < -0.3 is 9.47 Å². The van der Waals surface area contributed by atoms with Crippen molar-refractivity contribution in [3.63, 3.8) is 0 Å². The molecule has 33 heavy (non-hydrogen) atoms. The lowest BCUT2D eigenvalue weighted by molar-refractivity contribution is -0.123. The molecule has 3 aliphatic heterocycles. The van der Waals surface area contributed by atoms with Crippen LogP contribution < -0.4 is 14.4 Å². The fourth-order valence-electron chi connectivity index (χ4n) is 4.84. The molecule has 2 aromatic rings. The highest BCUT2D eigenvalue weighted by Crippen LogP contribution is 2.46. The van der Waals surface area contributed by atoms with E-state index in [-0.39, 0.29) is 11.7 Å². The number of nitrogens with zero attached hydrogens (tertiary/aromatic N) is 3. The number of fused-ring (bicyclic) bond motifs is 3. The lowest BCUT2D eigenvalue weighted by atomic mass is 9.86. The van der Waals surface area contributed by atoms with Gasteiger partial charge in [-0.15, -0.1) is 0 Å². The average Bonchev–Trinajstić information content (AvgIpc) is 3.31. The first kappa shape index (κ1) is 21.2. The minimum atomic E-state index is -0.937. The Morgan fingerprint density at radius 2 is 1.67 bits per heavy atom. The van der Waals surface area contributed by atoms with Crippen LogP contribution in [-0.4, -0.2) is 55.1 Å². The number of rotatable bonds is 5. The van der Waals surface area contributed by atoms with Crippen molar-refractivity contribution >= 4 is 41.1 Å². The monoisotopic (exact) mass is 465 g/mol. The molecule has 0 bridgehead atoms. The summed E-state index contributed by atoms with van der Waals surface area (Å²) in [5.74, 6) is -1.82. The SMILES string of the molecule is COc1ccc(C(=O)[C@@H]2[C@H]3C(=O)N(c4ccc(Cl)cc4)C(=O)[C@@H]3[C@H]3C=CC=NN32)cc1OC. The van der Waals surface area contributed by atoms with Crippen LogP contribution in [0, 0.1) is 11.8 Å². The molecule has 2 saturated heterocycles. The van der Waals surface area contributed by atoms with Crippen molar-refractivity contribution in [1.82, 2.24) is 5.01 Å². The van der Waals surface area contributed by atoms with E-state index >= 15 is 0 Å². The highest BCUT2D eigenvalue weighted by atomic mass is 35.5. The molecule has 0 saturated carbocycles. The summed E-state index contributed by atoms with van der Waals surface area (Å²) < 4.78 is 10.6. The van der Waals surface area contributed by atoms with E-state index in [1.54, 1.807) is 59.8 Å². The first-order chi connectivity index (χ1) is 16.0. The number of methoxy groups -OCH3 is 2. The average molecular weight is 466 g/mol. The largest absolute Gasteiger partial charge is 0.493 e. The minimum absolute atomic E-state index is 0.319. The van der Waals surface area contributed by atoms with Crippen LogP contribution in [0.3, 0.4) is 0 Å². The fraction of sp³-hybridized carbons (Fsp3) is 0.250. The lowest BCUT2D eigenvalue weighted by Crippen LogP contribution is -2.46. The zero-order valence-electron chi connectivity index (χ0n) is 17.8. The van der Waals surface area contributed by atoms with Crippen molar-refractivity contribution < 1.29 is 23.9 Å². The quantitative estimate of drug-likeness (QED) is 0.498. The Balaban J connectivity index is 1.56. The van der Waals surface area contributed by atoms with Gasteiger partial charge in [-0.1, -0.05) is 17.7 Å². The first-order valence-electron chi connectivity index (χ1n) is 10.3. The molecular formula is C24H20ClN3O5. The van der Waals surface area contributed by atoms with Crippen molar-refractivity contribution in [2.75, 3.05) is 19.1 Å². The number of hydrogen-bond donors (Lipinski definition) is 0. The maximum atomic E-state index is 13.7. The van der Waals surface area contributed by atoms with Gasteiger partial charge in [0.1, 0.15) is 6.04 Å². The molecule has 0 aliphatic carbocycles. The summed E-state index contributed by atoms with van der Waals surface area (Å²) in [5.41, 5.74) is 0.767. The number of hydrogen-bond acceptors (Lipinski definition) is 7. The fourth-order valence-corrected chi connectivity index (χ4v) is 4.97. The summed E-state index contributed by atoms with van der Waals surface area (Å²) >= 11 is 5.97. The minimum Gasteiger partial charge on any atom is -0.493 e. The molecule has 0 spiro atoms. The van der Waals surface area contributed by atoms with E-state index in [1.807, 2.05) is 6.08 Å². The van der Waals surface area contributed by atoms with Crippen LogP contribution in [0.25, 0.3) is 0 Å². The maximum Gasteiger partial charge on any atom is 0.240 e. The molecule has 0 radical (unpaired) electrons. The third-order valence-corrected chi connectivity index (χ3v) is 6.56. The molecule has 5 rings (SSSR count). The van der Waals surface area contributed by atoms with E-state index in [0.29, 0.717) is 27.8 Å². The molecule has 2 aromatic carbocycles. The second kappa shape index (κ2) is 8.04. The molecule has 168 valence electrons. The second-order valence-corrected chi connectivity index (χ2v) is 8.38. The van der Waals surface area contributed by atoms with E-state index in [9.17, 15) is 14.4 Å². The predicted octanol–water partition coefficient (Wildman–Crippen LogP) is 2.95. The van der Waals surface area contributed by atoms with Crippen molar-refractivity contribution in [3.8, 4) is 11.5 Å². The summed E-state index contributed by atoms with van der Waals surface area (Å²) in [4.78, 5) is 41.9. The van der Waals surface area contributed by atoms with E-state index in [0.717, 1.165) is 4.90 Å². The predicted molar refractivity (Wildman–Crippen MR) is 122 cm³/mol. The molecule has 9 heteroatoms. The van der Waals surface area contributed by atoms with E-state index in [4.69, 9.17) is 21.1 Å². The van der Waals surface area contributed by atoms with Crippen LogP contribution in [0.5, 0.6) is 11.5 Å². The lowest BCUT2D eigenvalue weighted by Gasteiger charge is -2.30. The third-order valence-electron chi connectivity index (χ3n) is 6.31. The Labute approximate surface area is 195 Å². The molecule has 4 atom stereocenters. The highest BCUT2D eigenvalue weighted by Gasteiger charge is 2.64. The van der Waals surface area contributed by atoms with Crippen molar-refractivity contribution in [2.45, 2.75) is 12.1 Å². The number of hydrazone groups is 1. The Hall–Kier alpha value is -3.65. The number of halogens is 1. The molecule has 8 nitrogen and oxygen atoms in total. The summed E-state index contributed by atoms with van der Waals surface area (Å²) in [6.45, 7) is 0. The van der Waals surface area contributed by atoms with Crippen LogP contribution >= 0.6 is 11.6 Å². The number of carbonyl (C=O) groups excluding carboxylic acids is 3. The summed E-state index contributed by atoms with van der Waals surface area (Å²) in [5, 5.41) is 6.43. The topological polar surface area (TPSA) is 88.5 Å². The summed E-state index contributed by atoms with van der Waals surface area (Å²) in [6, 6.07) is 9.88. The molecule has 3 heterocycles. The van der Waals surface area contributed by atoms with Crippen molar-refractivity contribution in [1.29, 1.82) is 0 Å². The zero-order chi connectivity index (χ0) is 23.3. The van der Waals surface area contributed by atoms with Crippen LogP contribution in [-0.2, 0) is 9.59 Å². The molecule has 0 N–H and O–H groups in total. The van der Waals surface area contributed by atoms with Gasteiger partial charge in [0.25, 0.3) is 0 Å². The smallest absolute Gasteiger partial charge is 0.240 e. The molecular weight excluding hydrogens is 446 g/mol. The van der Waals surface area contributed by atoms with Crippen LogP contribution in [0.2, 0.25) is 5.02 Å². The van der Waals surface area contributed by atoms with Gasteiger partial charge in [-0.2, -0.15) is 5.10 Å². The van der Waals surface area contributed by atoms with Gasteiger partial charge in [-0.25, -0.2) is 4.90 Å². The normalized spacial score (nSPS) is 25.3. The van der Waals surface area contributed by atoms with Crippen molar-refractivity contribution in [2.24, 2.45) is 16.9 Å². The van der Waals surface area contributed by atoms with Crippen LogP contribution in [0.1, 0.15) is 10.4 Å². The summed E-state index contributed by atoms with van der Waals surface area (Å²) in [7, 11) is 2.99. The number of benzene rings is 2. The molecule has 2 amide bonds. The number of imide groups is 1. The standard InChI is InChI=1S/C24H20ClN3O5/c1-32-17-10-5-13(12-18(17)33-2)22(29)21-20-19(16-4-3-11-26-28(16)21)23(30)27(24(20)31)15-8-6-14(25)7-9-15/h3-12,16,19-21H,1-2H3/t16-,19-,20+,21+/m1/s1. The van der Waals surface area contributed by atoms with Gasteiger partial charge in [-0.3, -0.25) is 19.4 Å². The van der Waals surface area contributed by atoms with Gasteiger partial charge in [0, 0.05) is 16.8 Å². The zero-order valence-corrected chi connectivity index (χ0v) is 18.6. The maximum absolute atomic E-state index is 13.7. The number of carbonyl (C=O) groups is 3. The Kier molecular flexibility index (Phi) is 5.17. The van der Waals surface area contributed by atoms with E-state index in [2.05, 4.69) is 5.10 Å². The molecule has 2 fully saturated rings. The number of amides is 2. The number of Topliss-reactive ketones (excluding diaryl/α,β-unsaturated/α-hetero) is 1. The van der Waals surface area contributed by atoms with Gasteiger partial charge in [-0.05, 0) is 48.5 Å². The number of allylic oxidation sites excluding steroid dienone is 1. The third kappa shape index (κ3) is 3.21. The number of ketones is 1. The Morgan fingerprint density at radius 1 is 0.970 bits per heavy atom. The number of anilines is 1. The molecule has 0 aromatic heterocycles. The van der Waals surface area contributed by atoms with Crippen LogP contribution in [0.4, 0.5) is 5.69 Å². The first-order valence-corrected chi connectivity index (χ1v) is 10.7. The van der Waals surface area contributed by atoms with Crippen molar-refractivity contribution in [3.05, 3.63) is 65.2 Å². The van der Waals surface area contributed by atoms with Crippen LogP contribution in [0.15, 0.2) is 59.7 Å². The van der Waals surface area contributed by atoms with Gasteiger partial charge in [0.2, 0.25) is 11.8 Å². The van der Waals surface area contributed by atoms with E-state index < -0.39 is 29.8 Å². The van der Waals surface area contributed by atoms with Gasteiger partial charge in [0.15, 0.2) is 17.3 Å². The van der Waals surface area contributed by atoms with Gasteiger partial charge in [0.05, 0.1) is 37.8 Å². The second-order valence-electron chi connectivity index (χ2n) is 7.94. The van der Waals surface area contributed by atoms with Gasteiger partial charge >= 0.3 is 0 Å². The van der Waals surface area contributed by atoms with E-state index in [1.165, 1.54) is 14.2 Å². The Morgan fingerprint density at radius 3 is 2.36 bits per heavy atom. The summed E-state index contributed by atoms with van der Waals surface area (Å²) in [6.07, 6.45) is 5.09. The number of ether oxygens (including phenoxy) is 2. The Bertz CT molecular complexity index is 1210. The molecule has 3 aliphatic rings.